The van der Waals surface area contributed by atoms with Gasteiger partial charge in [0.25, 0.3) is 0 Å². The van der Waals surface area contributed by atoms with Crippen LogP contribution in [0.3, 0.4) is 0 Å². The van der Waals surface area contributed by atoms with E-state index < -0.39 is 93.5 Å². The predicted octanol–water partition coefficient (Wildman–Crippen LogP) is 0.613. The summed E-state index contributed by atoms with van der Waals surface area (Å²) in [5, 5.41) is 75.6. The summed E-state index contributed by atoms with van der Waals surface area (Å²) in [7, 11) is 1.16. The third kappa shape index (κ3) is 3.60. The van der Waals surface area contributed by atoms with E-state index in [4.69, 9.17) is 9.47 Å². The molecule has 5 rings (SSSR count). The van der Waals surface area contributed by atoms with Gasteiger partial charge in [-0.25, -0.2) is 0 Å². The number of phenols is 3. The molecule has 0 aromatic heterocycles. The molecule has 7 N–H and O–H groups in total. The van der Waals surface area contributed by atoms with Gasteiger partial charge in [0.15, 0.2) is 17.2 Å². The van der Waals surface area contributed by atoms with Crippen molar-refractivity contribution in [1.82, 2.24) is 0 Å². The van der Waals surface area contributed by atoms with Crippen molar-refractivity contribution in [2.24, 2.45) is 5.92 Å². The average molecular weight is 545 g/mol. The largest absolute Gasteiger partial charge is 0.508 e. The van der Waals surface area contributed by atoms with Crippen LogP contribution in [0.25, 0.3) is 10.8 Å². The fraction of sp³-hybridized carbons (Fsp3) is 0.444. The van der Waals surface area contributed by atoms with Crippen LogP contribution in [0.4, 0.5) is 0 Å². The monoisotopic (exact) mass is 544 g/mol. The lowest BCUT2D eigenvalue weighted by atomic mass is 9.62. The minimum Gasteiger partial charge on any atom is -0.508 e. The maximum atomic E-state index is 13.8. The van der Waals surface area contributed by atoms with E-state index in [1.165, 1.54) is 19.1 Å². The minimum atomic E-state index is -2.79. The van der Waals surface area contributed by atoms with Crippen molar-refractivity contribution >= 4 is 28.1 Å². The van der Waals surface area contributed by atoms with Crippen LogP contribution in [-0.2, 0) is 25.5 Å². The number of ketones is 3. The Kier molecular flexibility index (Phi) is 6.24. The zero-order valence-corrected chi connectivity index (χ0v) is 21.2. The first-order valence-electron chi connectivity index (χ1n) is 12.3. The van der Waals surface area contributed by atoms with Gasteiger partial charge in [-0.15, -0.1) is 0 Å². The minimum absolute atomic E-state index is 0.105. The standard InChI is InChI=1S/C27H28O12/c1-8(28)16-23(34)24(38-3)12-5-10-4-11-6-13(29)19(15-7-14(30)20(31)9(2)39-15)22(33)17(11)21(32)18(10)26(36)27(12,37)25(16)35/h4,6,9,12,14-15,20,24,29-33,35,37H,5,7H2,1-3H3/t9-,12+,14-,15-,20-,24+,27-/m1/s1. The van der Waals surface area contributed by atoms with E-state index in [2.05, 4.69) is 0 Å². The molecule has 2 aromatic carbocycles. The molecular weight excluding hydrogens is 516 g/mol. The van der Waals surface area contributed by atoms with Crippen LogP contribution in [0.1, 0.15) is 47.9 Å². The number of benzene rings is 2. The number of ether oxygens (including phenoxy) is 2. The molecule has 2 aliphatic carbocycles. The van der Waals surface area contributed by atoms with Crippen LogP contribution in [0.5, 0.6) is 17.2 Å². The number of hydrogen-bond donors (Lipinski definition) is 7. The number of methoxy groups -OCH3 is 1. The molecule has 1 aliphatic heterocycles. The Bertz CT molecular complexity index is 1460. The van der Waals surface area contributed by atoms with Crippen LogP contribution >= 0.6 is 0 Å². The topological polar surface area (TPSA) is 211 Å². The summed E-state index contributed by atoms with van der Waals surface area (Å²) < 4.78 is 10.9. The normalized spacial score (nSPS) is 32.8. The zero-order valence-electron chi connectivity index (χ0n) is 21.2. The Morgan fingerprint density at radius 1 is 1.10 bits per heavy atom. The molecule has 12 heteroatoms. The smallest absolute Gasteiger partial charge is 0.206 e. The number of rotatable bonds is 3. The first kappa shape index (κ1) is 27.0. The fourth-order valence-corrected chi connectivity index (χ4v) is 6.17. The summed E-state index contributed by atoms with van der Waals surface area (Å²) >= 11 is 0. The van der Waals surface area contributed by atoms with Gasteiger partial charge in [0.2, 0.25) is 5.78 Å². The lowest BCUT2D eigenvalue weighted by molar-refractivity contribution is -0.164. The number of aromatic hydroxyl groups is 3. The summed E-state index contributed by atoms with van der Waals surface area (Å²) in [4.78, 5) is 38.8. The van der Waals surface area contributed by atoms with Gasteiger partial charge in [0.1, 0.15) is 40.8 Å². The summed E-state index contributed by atoms with van der Waals surface area (Å²) in [6, 6.07) is 2.60. The van der Waals surface area contributed by atoms with Gasteiger partial charge in [-0.2, -0.15) is 0 Å². The van der Waals surface area contributed by atoms with Gasteiger partial charge >= 0.3 is 0 Å². The fourth-order valence-electron chi connectivity index (χ4n) is 6.17. The lowest BCUT2D eigenvalue weighted by Crippen LogP contribution is -2.61. The Balaban J connectivity index is 1.73. The molecule has 1 saturated heterocycles. The Morgan fingerprint density at radius 3 is 2.36 bits per heavy atom. The maximum absolute atomic E-state index is 13.8. The molecule has 0 bridgehead atoms. The number of aliphatic hydroxyl groups is 4. The van der Waals surface area contributed by atoms with Crippen molar-refractivity contribution in [2.45, 2.75) is 62.8 Å². The van der Waals surface area contributed by atoms with Crippen molar-refractivity contribution in [3.8, 4) is 17.2 Å². The summed E-state index contributed by atoms with van der Waals surface area (Å²) in [5.74, 6) is -7.35. The molecule has 1 heterocycles. The van der Waals surface area contributed by atoms with Crippen molar-refractivity contribution in [3.63, 3.8) is 0 Å². The van der Waals surface area contributed by atoms with E-state index >= 15 is 0 Å². The number of carbonyl (C=O) groups excluding carboxylic acids is 3. The van der Waals surface area contributed by atoms with Gasteiger partial charge in [-0.1, -0.05) is 0 Å². The second kappa shape index (κ2) is 9.00. The highest BCUT2D eigenvalue weighted by molar-refractivity contribution is 6.25. The van der Waals surface area contributed by atoms with Crippen molar-refractivity contribution < 1.29 is 59.6 Å². The Morgan fingerprint density at radius 2 is 1.77 bits per heavy atom. The van der Waals surface area contributed by atoms with Gasteiger partial charge in [0, 0.05) is 19.4 Å². The molecule has 1 fully saturated rings. The molecule has 2 aromatic rings. The average Bonchev–Trinajstić information content (AvgIpc) is 2.84. The SMILES string of the molecule is CO[C@@H]1C(=O)C(C(C)=O)=C(O)[C@@]2(O)C(=O)c3c(cc4cc(O)c([C@H]5C[C@@H](O)[C@H](O)[C@@H](C)O5)c(O)c4c3O)C[C@@H]12. The highest BCUT2D eigenvalue weighted by atomic mass is 16.5. The molecule has 208 valence electrons. The highest BCUT2D eigenvalue weighted by Crippen LogP contribution is 2.52. The second-order valence-electron chi connectivity index (χ2n) is 10.3. The molecule has 12 nitrogen and oxygen atoms in total. The van der Waals surface area contributed by atoms with Crippen LogP contribution in [0, 0.1) is 5.92 Å². The van der Waals surface area contributed by atoms with Crippen molar-refractivity contribution in [2.75, 3.05) is 7.11 Å². The summed E-state index contributed by atoms with van der Waals surface area (Å²) in [6.07, 6.45) is -6.27. The van der Waals surface area contributed by atoms with Crippen LogP contribution in [0.2, 0.25) is 0 Å². The van der Waals surface area contributed by atoms with E-state index in [-0.39, 0.29) is 34.7 Å². The van der Waals surface area contributed by atoms with E-state index in [0.29, 0.717) is 0 Å². The van der Waals surface area contributed by atoms with Crippen LogP contribution < -0.4 is 0 Å². The summed E-state index contributed by atoms with van der Waals surface area (Å²) in [5.41, 5.74) is -4.08. The van der Waals surface area contributed by atoms with Gasteiger partial charge in [0.05, 0.1) is 34.8 Å². The zero-order chi connectivity index (χ0) is 28.7. The molecule has 7 atom stereocenters. The molecule has 0 spiro atoms. The van der Waals surface area contributed by atoms with Crippen molar-refractivity contribution in [1.29, 1.82) is 0 Å². The number of aliphatic hydroxyl groups excluding tert-OH is 3. The first-order valence-corrected chi connectivity index (χ1v) is 12.3. The summed E-state index contributed by atoms with van der Waals surface area (Å²) in [6.45, 7) is 2.48. The van der Waals surface area contributed by atoms with E-state index in [9.17, 15) is 50.1 Å². The second-order valence-corrected chi connectivity index (χ2v) is 10.3. The Labute approximate surface area is 221 Å². The molecule has 0 radical (unpaired) electrons. The Hall–Kier alpha value is -3.55. The molecule has 0 unspecified atom stereocenters. The molecular formula is C27H28O12. The highest BCUT2D eigenvalue weighted by Gasteiger charge is 2.61. The van der Waals surface area contributed by atoms with Gasteiger partial charge in [-0.3, -0.25) is 14.4 Å². The van der Waals surface area contributed by atoms with Crippen LogP contribution in [-0.4, -0.2) is 90.2 Å². The van der Waals surface area contributed by atoms with Gasteiger partial charge in [-0.05, 0) is 43.4 Å². The first-order chi connectivity index (χ1) is 18.2. The third-order valence-electron chi connectivity index (χ3n) is 8.13. The maximum Gasteiger partial charge on any atom is 0.206 e. The van der Waals surface area contributed by atoms with Crippen molar-refractivity contribution in [3.05, 3.63) is 40.2 Å². The van der Waals surface area contributed by atoms with Crippen LogP contribution in [0.15, 0.2) is 23.5 Å². The number of carbonyl (C=O) groups is 3. The van der Waals surface area contributed by atoms with E-state index in [0.717, 1.165) is 14.0 Å². The molecule has 39 heavy (non-hydrogen) atoms. The molecule has 3 aliphatic rings. The number of Topliss-reactive ketones (excluding diaryl/α,β-unsaturated/α-hetero) is 3. The lowest BCUT2D eigenvalue weighted by Gasteiger charge is -2.45. The number of phenolic OH excluding ortho intramolecular Hbond substituents is 3. The molecule has 0 amide bonds. The third-order valence-corrected chi connectivity index (χ3v) is 8.13. The van der Waals surface area contributed by atoms with E-state index in [1.54, 1.807) is 0 Å². The predicted molar refractivity (Wildman–Crippen MR) is 131 cm³/mol. The number of fused-ring (bicyclic) bond motifs is 3. The van der Waals surface area contributed by atoms with E-state index in [1.807, 2.05) is 0 Å². The molecule has 0 saturated carbocycles. The quantitative estimate of drug-likeness (QED) is 0.265. The van der Waals surface area contributed by atoms with Gasteiger partial charge < -0.3 is 45.2 Å². The number of hydrogen-bond acceptors (Lipinski definition) is 12.